The van der Waals surface area contributed by atoms with Crippen LogP contribution in [-0.2, 0) is 100 Å². The number of carbonyl (C=O) groups excluding carboxylic acids is 6. The van der Waals surface area contributed by atoms with E-state index in [1.54, 1.807) is 92.7 Å². The lowest BCUT2D eigenvalue weighted by molar-refractivity contribution is -0.645. The zero-order chi connectivity index (χ0) is 86.3. The molecule has 0 bridgehead atoms. The van der Waals surface area contributed by atoms with E-state index in [-0.39, 0.29) is 166 Å². The van der Waals surface area contributed by atoms with Gasteiger partial charge in [0.15, 0.2) is 12.3 Å². The van der Waals surface area contributed by atoms with Crippen LogP contribution in [-0.4, -0.2) is 256 Å². The fourth-order valence-corrected chi connectivity index (χ4v) is 19.7. The largest absolute Gasteiger partial charge is 0.507 e. The monoisotopic (exact) mass is 2050 g/mol. The number of phenols is 1. The van der Waals surface area contributed by atoms with Crippen LogP contribution in [0.2, 0.25) is 0 Å². The molecule has 646 valence electrons. The molecule has 1 fully saturated rings. The second-order valence-corrected chi connectivity index (χ2v) is 36.9. The Kier molecular flexibility index (Phi) is 35.4. The summed E-state index contributed by atoms with van der Waals surface area (Å²) < 4.78 is 149. The van der Waals surface area contributed by atoms with Crippen molar-refractivity contribution < 1.29 is 121 Å². The van der Waals surface area contributed by atoms with Crippen molar-refractivity contribution >= 4 is 177 Å². The number of phenolic OH excluding ortho intramolecular Hbond substituents is 1. The minimum absolute atomic E-state index is 0.00614. The van der Waals surface area contributed by atoms with E-state index < -0.39 is 83.2 Å². The first-order valence-corrected chi connectivity index (χ1v) is 46.4. The highest BCUT2D eigenvalue weighted by molar-refractivity contribution is 14.1. The number of rotatable bonds is 49. The van der Waals surface area contributed by atoms with E-state index in [9.17, 15) is 68.8 Å². The van der Waals surface area contributed by atoms with E-state index in [0.717, 1.165) is 23.1 Å². The van der Waals surface area contributed by atoms with Crippen molar-refractivity contribution in [1.82, 2.24) is 23.7 Å². The van der Waals surface area contributed by atoms with E-state index in [0.29, 0.717) is 132 Å². The highest BCUT2D eigenvalue weighted by Crippen LogP contribution is 2.40. The van der Waals surface area contributed by atoms with Crippen molar-refractivity contribution in [1.29, 1.82) is 0 Å². The number of aryl methyl sites for hydroxylation is 3. The lowest BCUT2D eigenvalue weighted by Gasteiger charge is -2.35. The number of pyridine rings is 1. The number of aromatic hydroxyl groups is 1. The lowest BCUT2D eigenvalue weighted by Crippen LogP contribution is -2.54. The molecule has 1 aromatic heterocycles. The number of amides is 5. The number of imide groups is 1. The number of aliphatic carboxylic acids is 1. The van der Waals surface area contributed by atoms with Crippen LogP contribution in [0.25, 0.3) is 32.6 Å². The van der Waals surface area contributed by atoms with Crippen LogP contribution < -0.4 is 20.4 Å². The number of carboxylic acid groups (broad SMARTS) is 1. The number of aromatic nitrogens is 1. The predicted octanol–water partition coefficient (Wildman–Crippen LogP) is 8.65. The van der Waals surface area contributed by atoms with Gasteiger partial charge >= 0.3 is 5.97 Å². The number of hydrogen-bond acceptors (Lipinski definition) is 24. The summed E-state index contributed by atoms with van der Waals surface area (Å²) in [6.45, 7) is 7.14. The van der Waals surface area contributed by atoms with E-state index in [2.05, 4.69) is 50.5 Å². The predicted molar refractivity (Wildman–Crippen MR) is 467 cm³/mol. The molecule has 2 aliphatic heterocycles. The highest BCUT2D eigenvalue weighted by atomic mass is 127. The van der Waals surface area contributed by atoms with Gasteiger partial charge in [0, 0.05) is 99.9 Å². The number of Topliss-reactive ketones (excluding diaryl/α,β-unsaturated/α-hetero) is 1. The summed E-state index contributed by atoms with van der Waals surface area (Å²) in [6.07, 6.45) is 0.695. The molecule has 5 amide bonds. The summed E-state index contributed by atoms with van der Waals surface area (Å²) in [5, 5.41) is 23.2. The third kappa shape index (κ3) is 25.7. The number of nitrogens with one attached hydrogen (secondary N) is 1. The molecule has 38 heteroatoms. The van der Waals surface area contributed by atoms with Crippen LogP contribution in [0.15, 0.2) is 131 Å². The molecule has 120 heavy (non-hydrogen) atoms. The van der Waals surface area contributed by atoms with Crippen molar-refractivity contribution in [2.75, 3.05) is 156 Å². The Labute approximate surface area is 736 Å². The second kappa shape index (κ2) is 45.0. The lowest BCUT2D eigenvalue weighted by atomic mass is 9.91. The molecule has 7 aromatic carbocycles. The smallest absolute Gasteiger partial charge is 0.326 e. The van der Waals surface area contributed by atoms with Gasteiger partial charge < -0.3 is 68.8 Å². The summed E-state index contributed by atoms with van der Waals surface area (Å²) in [4.78, 5) is 96.0. The van der Waals surface area contributed by atoms with Crippen molar-refractivity contribution in [2.24, 2.45) is 0 Å². The third-order valence-corrected chi connectivity index (χ3v) is 26.7. The maximum Gasteiger partial charge on any atom is 0.326 e. The van der Waals surface area contributed by atoms with Crippen LogP contribution >= 0.6 is 67.8 Å². The van der Waals surface area contributed by atoms with E-state index in [1.165, 1.54) is 33.5 Å². The van der Waals surface area contributed by atoms with Gasteiger partial charge in [0.1, 0.15) is 34.8 Å². The Balaban J connectivity index is 0.567. The Morgan fingerprint density at radius 1 is 0.583 bits per heavy atom. The average molecular weight is 2060 g/mol. The van der Waals surface area contributed by atoms with Gasteiger partial charge in [-0.05, 0) is 178 Å². The number of ether oxygens (including phenoxy) is 9. The van der Waals surface area contributed by atoms with Crippen molar-refractivity contribution in [3.05, 3.63) is 165 Å². The summed E-state index contributed by atoms with van der Waals surface area (Å²) >= 11 is 6.24. The molecule has 0 saturated carbocycles. The quantitative estimate of drug-likeness (QED) is 0.00452. The van der Waals surface area contributed by atoms with Crippen LogP contribution in [0.4, 0.5) is 5.69 Å². The average Bonchev–Trinajstić information content (AvgIpc) is 0.718. The summed E-state index contributed by atoms with van der Waals surface area (Å²) in [5.74, 6) is -4.08. The van der Waals surface area contributed by atoms with Crippen LogP contribution in [0.1, 0.15) is 86.3 Å². The topological polar surface area (TPSA) is 421 Å². The number of fused-ring (bicyclic) bond motifs is 2. The minimum atomic E-state index is -4.91. The Morgan fingerprint density at radius 2 is 1.10 bits per heavy atom. The molecule has 0 spiro atoms. The van der Waals surface area contributed by atoms with E-state index in [1.807, 2.05) is 39.3 Å². The number of carboxylic acids is 1. The van der Waals surface area contributed by atoms with Crippen molar-refractivity contribution in [3.8, 4) is 17.2 Å². The number of nitrogens with two attached hydrogens (primary N) is 1. The normalized spacial score (nSPS) is 13.7. The molecular formula is C82H95I3N7O25S3+. The van der Waals surface area contributed by atoms with E-state index >= 15 is 4.79 Å². The fraction of sp³-hybridized carbons (Fsp3) is 0.415. The number of sulfonamides is 2. The van der Waals surface area contributed by atoms with Gasteiger partial charge in [-0.15, -0.1) is 0 Å². The van der Waals surface area contributed by atoms with Gasteiger partial charge in [0.2, 0.25) is 32.9 Å². The van der Waals surface area contributed by atoms with Gasteiger partial charge in [-0.1, -0.05) is 42.0 Å². The van der Waals surface area contributed by atoms with Gasteiger partial charge in [-0.2, -0.15) is 17.3 Å². The number of hydrogen-bond donors (Lipinski definition) is 5. The summed E-state index contributed by atoms with van der Waals surface area (Å²) in [5.41, 5.74) is 8.67. The first kappa shape index (κ1) is 94.4. The molecule has 0 aliphatic carbocycles. The van der Waals surface area contributed by atoms with Crippen LogP contribution in [0, 0.1) is 24.6 Å². The number of benzene rings is 7. The number of carbonyl (C=O) groups is 7. The van der Waals surface area contributed by atoms with Gasteiger partial charge in [-0.25, -0.2) is 25.9 Å². The van der Waals surface area contributed by atoms with E-state index in [4.69, 9.17) is 48.4 Å². The standard InChI is InChI=1S/C82H94I3N7O25S3/c1-54-16-19-59(20-17-54)119(104,105)92(24-7-10-57(93)11-8-29-109-31-33-111-35-37-113-39-41-115-43-44-116-42-40-114-38-36-112-34-32-110-30-22-73(95)87-68(82(100)101)50-56-48-66(84)78(67(85)49-56)117-58-18-21-71(94)65(83)51-58)81(99)76-60-12-3-5-14-69(60)90(70-15-6-4-13-61(70)76)23-9-45-118(102,103)89-27-25-88(26-28-89)74(96)53-91-79(97)63-47-55(2)46-62-75(63)64(80(91)98)52-72(77(62)86)120(106,107)108/h3-6,12-21,46-49,51-52,68H,7-11,22-45,50,53H2,1-2H3,(H5-,86,87,94,95,97,98,100,101,106,107,108)/p+1. The maximum atomic E-state index is 15.3. The maximum absolute atomic E-state index is 15.3. The number of nitrogen functional groups attached to an aromatic ring is 1. The van der Waals surface area contributed by atoms with Crippen molar-refractivity contribution in [2.45, 2.75) is 81.2 Å². The molecule has 0 radical (unpaired) electrons. The number of para-hydroxylation sites is 2. The number of ketones is 1. The molecule has 8 aromatic rings. The molecule has 32 nitrogen and oxygen atoms in total. The SMILES string of the molecule is Cc1ccc(S(=O)(=O)N(CCCC(=O)CCCOCCOCCOCCOCCOCCOCCOCCOCCC(=O)NC(Cc2cc(I)c(Oc3ccc(O)c(I)c3)c(I)c2)C(=O)O)C(=O)c2c3ccccc3[n+](CCCS(=O)(=O)N3CCN(C(=O)CN4C(=O)c5cc(C)cc6c(N)c(S(=O)(=O)O)cc(c56)C4=O)CC3)c3ccccc23)cc1. The summed E-state index contributed by atoms with van der Waals surface area (Å²) in [7, 11) is -13.4. The van der Waals surface area contributed by atoms with Crippen LogP contribution in [0.3, 0.4) is 0 Å². The summed E-state index contributed by atoms with van der Waals surface area (Å²) in [6, 6.07) is 31.2. The van der Waals surface area contributed by atoms with Gasteiger partial charge in [-0.3, -0.25) is 38.2 Å². The van der Waals surface area contributed by atoms with Gasteiger partial charge in [0.25, 0.3) is 37.9 Å². The first-order chi connectivity index (χ1) is 57.4. The Morgan fingerprint density at radius 3 is 1.63 bits per heavy atom. The highest BCUT2D eigenvalue weighted by Gasteiger charge is 2.40. The number of anilines is 1. The van der Waals surface area contributed by atoms with Crippen LogP contribution in [0.5, 0.6) is 17.2 Å². The zero-order valence-corrected chi connectivity index (χ0v) is 75.0. The zero-order valence-electron chi connectivity index (χ0n) is 66.0. The number of halogens is 3. The minimum Gasteiger partial charge on any atom is -0.507 e. The Bertz CT molecular complexity index is 5310. The molecule has 6 N–H and O–H groups in total. The number of piperazine rings is 1. The first-order valence-electron chi connectivity index (χ1n) is 38.7. The number of nitrogens with zero attached hydrogens (tertiary/aromatic N) is 5. The third-order valence-electron chi connectivity index (χ3n) is 19.6. The fourth-order valence-electron chi connectivity index (χ4n) is 13.6. The molecule has 1 atom stereocenters. The molecule has 10 rings (SSSR count). The molecule has 2 aliphatic rings. The second-order valence-electron chi connectivity index (χ2n) is 28.1. The molecule has 1 saturated heterocycles. The van der Waals surface area contributed by atoms with Gasteiger partial charge in [0.05, 0.1) is 148 Å². The molecular weight excluding hydrogens is 1960 g/mol. The molecule has 3 heterocycles. The van der Waals surface area contributed by atoms with Crippen molar-refractivity contribution in [3.63, 3.8) is 0 Å². The molecule has 1 unspecified atom stereocenters. The Hall–Kier alpha value is -7.80.